The monoisotopic (exact) mass is 351 g/mol. The van der Waals surface area contributed by atoms with Crippen LogP contribution in [0.25, 0.3) is 10.8 Å². The third kappa shape index (κ3) is 3.64. The Balaban J connectivity index is 2.06. The summed E-state index contributed by atoms with van der Waals surface area (Å²) in [6.07, 6.45) is 3.07. The zero-order chi connectivity index (χ0) is 18.5. The SMILES string of the molecule is CCCC[C@H](c1nc(C)c(C(=O)OCC)o1)c1cccc2ccccc12. The van der Waals surface area contributed by atoms with Crippen LogP contribution < -0.4 is 0 Å². The molecule has 0 spiro atoms. The highest BCUT2D eigenvalue weighted by molar-refractivity contribution is 5.88. The molecule has 0 aliphatic heterocycles. The van der Waals surface area contributed by atoms with Crippen molar-refractivity contribution < 1.29 is 13.9 Å². The minimum Gasteiger partial charge on any atom is -0.460 e. The molecule has 0 N–H and O–H groups in total. The quantitative estimate of drug-likeness (QED) is 0.517. The first kappa shape index (κ1) is 18.2. The predicted octanol–water partition coefficient (Wildman–Crippen LogP) is 5.64. The van der Waals surface area contributed by atoms with Gasteiger partial charge in [0, 0.05) is 0 Å². The fraction of sp³-hybridized carbons (Fsp3) is 0.364. The first-order chi connectivity index (χ1) is 12.7. The van der Waals surface area contributed by atoms with Gasteiger partial charge in [0.05, 0.1) is 18.2 Å². The minimum atomic E-state index is -0.448. The number of benzene rings is 2. The number of nitrogens with zero attached hydrogens (tertiary/aromatic N) is 1. The number of ether oxygens (including phenoxy) is 1. The predicted molar refractivity (Wildman–Crippen MR) is 103 cm³/mol. The van der Waals surface area contributed by atoms with Gasteiger partial charge in [-0.2, -0.15) is 0 Å². The molecule has 4 nitrogen and oxygen atoms in total. The van der Waals surface area contributed by atoms with Crippen molar-refractivity contribution in [2.75, 3.05) is 6.61 Å². The van der Waals surface area contributed by atoms with Gasteiger partial charge in [-0.05, 0) is 36.6 Å². The molecule has 0 bridgehead atoms. The van der Waals surface area contributed by atoms with Gasteiger partial charge in [0.25, 0.3) is 0 Å². The molecular formula is C22H25NO3. The van der Waals surface area contributed by atoms with Crippen LogP contribution in [0.2, 0.25) is 0 Å². The Bertz CT molecular complexity index is 892. The Morgan fingerprint density at radius 1 is 1.15 bits per heavy atom. The highest BCUT2D eigenvalue weighted by Crippen LogP contribution is 2.35. The average molecular weight is 351 g/mol. The van der Waals surface area contributed by atoms with Gasteiger partial charge in [0.1, 0.15) is 0 Å². The zero-order valence-corrected chi connectivity index (χ0v) is 15.6. The largest absolute Gasteiger partial charge is 0.460 e. The number of carbonyl (C=O) groups excluding carboxylic acids is 1. The highest BCUT2D eigenvalue weighted by Gasteiger charge is 2.25. The van der Waals surface area contributed by atoms with E-state index >= 15 is 0 Å². The van der Waals surface area contributed by atoms with Gasteiger partial charge in [-0.25, -0.2) is 9.78 Å². The van der Waals surface area contributed by atoms with E-state index in [-0.39, 0.29) is 11.7 Å². The smallest absolute Gasteiger partial charge is 0.376 e. The molecule has 0 amide bonds. The minimum absolute atomic E-state index is 0.0166. The van der Waals surface area contributed by atoms with Crippen LogP contribution in [0.5, 0.6) is 0 Å². The summed E-state index contributed by atoms with van der Waals surface area (Å²) in [5.74, 6) is 0.373. The highest BCUT2D eigenvalue weighted by atomic mass is 16.5. The molecule has 1 aromatic heterocycles. The molecule has 0 aliphatic carbocycles. The maximum Gasteiger partial charge on any atom is 0.376 e. The molecule has 0 saturated heterocycles. The molecule has 0 radical (unpaired) electrons. The summed E-state index contributed by atoms with van der Waals surface area (Å²) in [4.78, 5) is 16.7. The van der Waals surface area contributed by atoms with E-state index in [9.17, 15) is 4.79 Å². The van der Waals surface area contributed by atoms with E-state index in [0.29, 0.717) is 18.2 Å². The number of fused-ring (bicyclic) bond motifs is 1. The molecule has 26 heavy (non-hydrogen) atoms. The molecule has 0 unspecified atom stereocenters. The van der Waals surface area contributed by atoms with Crippen molar-refractivity contribution in [3.05, 3.63) is 65.4 Å². The van der Waals surface area contributed by atoms with Crippen molar-refractivity contribution in [1.82, 2.24) is 4.98 Å². The molecule has 1 heterocycles. The van der Waals surface area contributed by atoms with Crippen LogP contribution in [0.1, 0.15) is 66.7 Å². The summed E-state index contributed by atoms with van der Waals surface area (Å²) in [6, 6.07) is 14.6. The summed E-state index contributed by atoms with van der Waals surface area (Å²) in [5.41, 5.74) is 1.77. The van der Waals surface area contributed by atoms with Crippen molar-refractivity contribution in [3.8, 4) is 0 Å². The number of esters is 1. The van der Waals surface area contributed by atoms with Crippen LogP contribution in [0.3, 0.4) is 0 Å². The first-order valence-corrected chi connectivity index (χ1v) is 9.27. The molecule has 136 valence electrons. The molecule has 0 saturated carbocycles. The topological polar surface area (TPSA) is 52.3 Å². The summed E-state index contributed by atoms with van der Waals surface area (Å²) in [7, 11) is 0. The van der Waals surface area contributed by atoms with Crippen LogP contribution in [-0.2, 0) is 4.74 Å². The van der Waals surface area contributed by atoms with Crippen LogP contribution >= 0.6 is 0 Å². The Kier molecular flexibility index (Phi) is 5.71. The third-order valence-corrected chi connectivity index (χ3v) is 4.62. The normalized spacial score (nSPS) is 12.3. The molecule has 3 rings (SSSR count). The van der Waals surface area contributed by atoms with E-state index in [2.05, 4.69) is 42.2 Å². The Hall–Kier alpha value is -2.62. The Morgan fingerprint density at radius 3 is 2.69 bits per heavy atom. The maximum atomic E-state index is 12.1. The van der Waals surface area contributed by atoms with E-state index in [0.717, 1.165) is 19.3 Å². The number of aryl methyl sites for hydroxylation is 1. The molecular weight excluding hydrogens is 326 g/mol. The number of unbranched alkanes of at least 4 members (excludes halogenated alkanes) is 1. The average Bonchev–Trinajstić information content (AvgIpc) is 3.04. The van der Waals surface area contributed by atoms with Crippen molar-refractivity contribution >= 4 is 16.7 Å². The van der Waals surface area contributed by atoms with Gasteiger partial charge >= 0.3 is 5.97 Å². The van der Waals surface area contributed by atoms with E-state index in [1.807, 2.05) is 12.1 Å². The van der Waals surface area contributed by atoms with E-state index < -0.39 is 5.97 Å². The van der Waals surface area contributed by atoms with E-state index in [1.165, 1.54) is 16.3 Å². The van der Waals surface area contributed by atoms with Crippen molar-refractivity contribution in [3.63, 3.8) is 0 Å². The van der Waals surface area contributed by atoms with Gasteiger partial charge in [-0.15, -0.1) is 0 Å². The van der Waals surface area contributed by atoms with Crippen molar-refractivity contribution in [1.29, 1.82) is 0 Å². The number of rotatable bonds is 7. The van der Waals surface area contributed by atoms with Crippen LogP contribution in [0.4, 0.5) is 0 Å². The van der Waals surface area contributed by atoms with Crippen LogP contribution in [-0.4, -0.2) is 17.6 Å². The molecule has 0 aliphatic rings. The van der Waals surface area contributed by atoms with E-state index in [1.54, 1.807) is 13.8 Å². The molecule has 3 aromatic rings. The number of oxazole rings is 1. The van der Waals surface area contributed by atoms with Crippen LogP contribution in [0.15, 0.2) is 46.9 Å². The fourth-order valence-corrected chi connectivity index (χ4v) is 3.33. The Morgan fingerprint density at radius 2 is 1.92 bits per heavy atom. The standard InChI is InChI=1S/C22H25NO3/c1-4-6-12-19(18-14-9-11-16-10-7-8-13-17(16)18)21-23-15(3)20(26-21)22(24)25-5-2/h7-11,13-14,19H,4-6,12H2,1-3H3/t19-/m0/s1. The summed E-state index contributed by atoms with van der Waals surface area (Å²) < 4.78 is 11.0. The fourth-order valence-electron chi connectivity index (χ4n) is 3.33. The molecule has 0 fully saturated rings. The van der Waals surface area contributed by atoms with E-state index in [4.69, 9.17) is 9.15 Å². The number of aromatic nitrogens is 1. The van der Waals surface area contributed by atoms with Gasteiger partial charge in [0.2, 0.25) is 11.7 Å². The lowest BCUT2D eigenvalue weighted by atomic mass is 9.89. The van der Waals surface area contributed by atoms with Gasteiger partial charge in [-0.3, -0.25) is 0 Å². The molecule has 1 atom stereocenters. The number of carbonyl (C=O) groups is 1. The Labute approximate surface area is 154 Å². The lowest BCUT2D eigenvalue weighted by Crippen LogP contribution is -2.05. The second-order valence-electron chi connectivity index (χ2n) is 6.45. The van der Waals surface area contributed by atoms with Crippen molar-refractivity contribution in [2.45, 2.75) is 46.0 Å². The molecule has 2 aromatic carbocycles. The maximum absolute atomic E-state index is 12.1. The lowest BCUT2D eigenvalue weighted by molar-refractivity contribution is 0.0486. The summed E-state index contributed by atoms with van der Waals surface area (Å²) in [5, 5.41) is 2.39. The van der Waals surface area contributed by atoms with Gasteiger partial charge < -0.3 is 9.15 Å². The second kappa shape index (κ2) is 8.17. The number of hydrogen-bond donors (Lipinski definition) is 0. The summed E-state index contributed by atoms with van der Waals surface area (Å²) in [6.45, 7) is 6.06. The second-order valence-corrected chi connectivity index (χ2v) is 6.45. The number of hydrogen-bond acceptors (Lipinski definition) is 4. The zero-order valence-electron chi connectivity index (χ0n) is 15.6. The first-order valence-electron chi connectivity index (χ1n) is 9.27. The van der Waals surface area contributed by atoms with Gasteiger partial charge in [0.15, 0.2) is 0 Å². The van der Waals surface area contributed by atoms with Crippen molar-refractivity contribution in [2.24, 2.45) is 0 Å². The molecule has 4 heteroatoms. The van der Waals surface area contributed by atoms with Gasteiger partial charge in [-0.1, -0.05) is 62.2 Å². The summed E-state index contributed by atoms with van der Waals surface area (Å²) >= 11 is 0. The van der Waals surface area contributed by atoms with Crippen LogP contribution in [0, 0.1) is 6.92 Å². The lowest BCUT2D eigenvalue weighted by Gasteiger charge is -2.16. The third-order valence-electron chi connectivity index (χ3n) is 4.62.